The van der Waals surface area contributed by atoms with E-state index in [0.717, 1.165) is 0 Å². The highest BCUT2D eigenvalue weighted by atomic mass is 35.5. The van der Waals surface area contributed by atoms with Crippen LogP contribution in [0.1, 0.15) is 20.7 Å². The summed E-state index contributed by atoms with van der Waals surface area (Å²) in [6, 6.07) is 7.22. The van der Waals surface area contributed by atoms with Crippen molar-refractivity contribution in [2.24, 2.45) is 0 Å². The number of amides is 1. The number of benzene rings is 1. The number of hydrogen-bond donors (Lipinski definition) is 2. The molecular formula is C13H8Cl2N2O3. The van der Waals surface area contributed by atoms with Crippen molar-refractivity contribution in [1.82, 2.24) is 4.98 Å². The highest BCUT2D eigenvalue weighted by Crippen LogP contribution is 2.26. The fraction of sp³-hybridized carbons (Fsp3) is 0. The molecule has 20 heavy (non-hydrogen) atoms. The standard InChI is InChI=1S/C13H8Cl2N2O3/c14-9-3-1-2-8(11(9)15)12(18)17-10-6-7(13(19)20)4-5-16-10/h1-6H,(H,19,20)(H,16,17,18). The number of hydrogen-bond acceptors (Lipinski definition) is 3. The van der Waals surface area contributed by atoms with Gasteiger partial charge in [-0.15, -0.1) is 0 Å². The van der Waals surface area contributed by atoms with Crippen molar-refractivity contribution in [2.75, 3.05) is 5.32 Å². The summed E-state index contributed by atoms with van der Waals surface area (Å²) >= 11 is 11.8. The summed E-state index contributed by atoms with van der Waals surface area (Å²) < 4.78 is 0. The van der Waals surface area contributed by atoms with Gasteiger partial charge < -0.3 is 10.4 Å². The quantitative estimate of drug-likeness (QED) is 0.911. The molecule has 2 N–H and O–H groups in total. The number of anilines is 1. The molecule has 0 aliphatic carbocycles. The maximum Gasteiger partial charge on any atom is 0.335 e. The molecule has 0 aliphatic rings. The van der Waals surface area contributed by atoms with Crippen LogP contribution in [-0.4, -0.2) is 22.0 Å². The molecule has 0 unspecified atom stereocenters. The van der Waals surface area contributed by atoms with Crippen molar-refractivity contribution in [1.29, 1.82) is 0 Å². The van der Waals surface area contributed by atoms with E-state index in [0.29, 0.717) is 0 Å². The van der Waals surface area contributed by atoms with E-state index < -0.39 is 11.9 Å². The maximum absolute atomic E-state index is 12.0. The van der Waals surface area contributed by atoms with Crippen molar-refractivity contribution in [2.45, 2.75) is 0 Å². The third kappa shape index (κ3) is 3.07. The van der Waals surface area contributed by atoms with Gasteiger partial charge in [0, 0.05) is 6.20 Å². The predicted octanol–water partition coefficient (Wildman–Crippen LogP) is 3.34. The average Bonchev–Trinajstić information content (AvgIpc) is 2.42. The molecule has 1 amide bonds. The lowest BCUT2D eigenvalue weighted by Crippen LogP contribution is -2.14. The number of carbonyl (C=O) groups is 2. The van der Waals surface area contributed by atoms with Gasteiger partial charge in [-0.25, -0.2) is 9.78 Å². The monoisotopic (exact) mass is 310 g/mol. The molecule has 2 rings (SSSR count). The molecule has 0 bridgehead atoms. The SMILES string of the molecule is O=C(O)c1ccnc(NC(=O)c2cccc(Cl)c2Cl)c1. The maximum atomic E-state index is 12.0. The van der Waals surface area contributed by atoms with Crippen LogP contribution in [0.5, 0.6) is 0 Å². The highest BCUT2D eigenvalue weighted by Gasteiger charge is 2.14. The Balaban J connectivity index is 2.26. The van der Waals surface area contributed by atoms with Gasteiger partial charge in [-0.1, -0.05) is 29.3 Å². The molecule has 0 aliphatic heterocycles. The fourth-order valence-electron chi connectivity index (χ4n) is 1.49. The average molecular weight is 311 g/mol. The molecule has 1 heterocycles. The van der Waals surface area contributed by atoms with Crippen LogP contribution in [0.15, 0.2) is 36.5 Å². The number of rotatable bonds is 3. The van der Waals surface area contributed by atoms with E-state index in [1.165, 1.54) is 24.4 Å². The molecule has 0 spiro atoms. The third-order valence-electron chi connectivity index (χ3n) is 2.44. The van der Waals surface area contributed by atoms with Gasteiger partial charge in [-0.2, -0.15) is 0 Å². The molecule has 1 aromatic heterocycles. The van der Waals surface area contributed by atoms with Gasteiger partial charge in [-0.05, 0) is 24.3 Å². The summed E-state index contributed by atoms with van der Waals surface area (Å²) in [5.74, 6) is -1.51. The zero-order valence-corrected chi connectivity index (χ0v) is 11.4. The first-order chi connectivity index (χ1) is 9.49. The second-order valence-electron chi connectivity index (χ2n) is 3.79. The first-order valence-electron chi connectivity index (χ1n) is 5.44. The van der Waals surface area contributed by atoms with Gasteiger partial charge in [0.1, 0.15) is 5.82 Å². The minimum Gasteiger partial charge on any atom is -0.478 e. The Morgan fingerprint density at radius 1 is 1.20 bits per heavy atom. The van der Waals surface area contributed by atoms with Crippen LogP contribution in [0.3, 0.4) is 0 Å². The molecule has 1 aromatic carbocycles. The van der Waals surface area contributed by atoms with Gasteiger partial charge in [-0.3, -0.25) is 4.79 Å². The Hall–Kier alpha value is -2.11. The molecule has 5 nitrogen and oxygen atoms in total. The highest BCUT2D eigenvalue weighted by molar-refractivity contribution is 6.44. The fourth-order valence-corrected chi connectivity index (χ4v) is 1.88. The van der Waals surface area contributed by atoms with Crippen molar-refractivity contribution in [3.05, 3.63) is 57.7 Å². The minimum absolute atomic E-state index is 0.0208. The van der Waals surface area contributed by atoms with Crippen LogP contribution in [0.4, 0.5) is 5.82 Å². The van der Waals surface area contributed by atoms with Crippen molar-refractivity contribution in [3.8, 4) is 0 Å². The number of carbonyl (C=O) groups excluding carboxylic acids is 1. The number of carboxylic acids is 1. The topological polar surface area (TPSA) is 79.3 Å². The van der Waals surface area contributed by atoms with E-state index in [9.17, 15) is 9.59 Å². The molecule has 0 saturated heterocycles. The number of aromatic carboxylic acids is 1. The molecule has 0 fully saturated rings. The summed E-state index contributed by atoms with van der Waals surface area (Å²) in [5.41, 5.74) is 0.203. The Morgan fingerprint density at radius 3 is 2.65 bits per heavy atom. The van der Waals surface area contributed by atoms with Crippen molar-refractivity contribution in [3.63, 3.8) is 0 Å². The molecular weight excluding hydrogens is 303 g/mol. The molecule has 2 aromatic rings. The smallest absolute Gasteiger partial charge is 0.335 e. The van der Waals surface area contributed by atoms with E-state index in [2.05, 4.69) is 10.3 Å². The van der Waals surface area contributed by atoms with Crippen LogP contribution >= 0.6 is 23.2 Å². The molecule has 0 radical (unpaired) electrons. The second kappa shape index (κ2) is 5.90. The lowest BCUT2D eigenvalue weighted by molar-refractivity contribution is 0.0696. The van der Waals surface area contributed by atoms with E-state index in [4.69, 9.17) is 28.3 Å². The van der Waals surface area contributed by atoms with Gasteiger partial charge in [0.15, 0.2) is 0 Å². The summed E-state index contributed by atoms with van der Waals surface area (Å²) in [4.78, 5) is 26.7. The first-order valence-corrected chi connectivity index (χ1v) is 6.19. The van der Waals surface area contributed by atoms with Crippen LogP contribution in [0, 0.1) is 0 Å². The normalized spacial score (nSPS) is 10.1. The molecule has 102 valence electrons. The zero-order valence-electron chi connectivity index (χ0n) is 9.93. The Morgan fingerprint density at radius 2 is 1.95 bits per heavy atom. The van der Waals surface area contributed by atoms with Crippen molar-refractivity contribution < 1.29 is 14.7 Å². The Kier molecular flexibility index (Phi) is 4.22. The van der Waals surface area contributed by atoms with Gasteiger partial charge in [0.05, 0.1) is 21.2 Å². The number of nitrogens with zero attached hydrogens (tertiary/aromatic N) is 1. The molecule has 7 heteroatoms. The van der Waals surface area contributed by atoms with E-state index in [-0.39, 0.29) is 27.0 Å². The largest absolute Gasteiger partial charge is 0.478 e. The predicted molar refractivity (Wildman–Crippen MR) is 75.6 cm³/mol. The van der Waals surface area contributed by atoms with Crippen LogP contribution in [0.2, 0.25) is 10.0 Å². The minimum atomic E-state index is -1.11. The summed E-state index contributed by atoms with van der Waals surface area (Å²) in [6.07, 6.45) is 1.29. The number of aromatic nitrogens is 1. The summed E-state index contributed by atoms with van der Waals surface area (Å²) in [6.45, 7) is 0. The van der Waals surface area contributed by atoms with Crippen molar-refractivity contribution >= 4 is 40.9 Å². The van der Waals surface area contributed by atoms with Crippen LogP contribution < -0.4 is 5.32 Å². The van der Waals surface area contributed by atoms with Gasteiger partial charge >= 0.3 is 5.97 Å². The summed E-state index contributed by atoms with van der Waals surface area (Å²) in [5, 5.41) is 11.7. The van der Waals surface area contributed by atoms with Crippen LogP contribution in [0.25, 0.3) is 0 Å². The molecule has 0 atom stereocenters. The summed E-state index contributed by atoms with van der Waals surface area (Å²) in [7, 11) is 0. The van der Waals surface area contributed by atoms with Crippen LogP contribution in [-0.2, 0) is 0 Å². The van der Waals surface area contributed by atoms with E-state index >= 15 is 0 Å². The zero-order chi connectivity index (χ0) is 14.7. The number of pyridine rings is 1. The van der Waals surface area contributed by atoms with Gasteiger partial charge in [0.25, 0.3) is 5.91 Å². The van der Waals surface area contributed by atoms with E-state index in [1.54, 1.807) is 12.1 Å². The molecule has 0 saturated carbocycles. The lowest BCUT2D eigenvalue weighted by atomic mass is 10.2. The second-order valence-corrected chi connectivity index (χ2v) is 4.58. The van der Waals surface area contributed by atoms with E-state index in [1.807, 2.05) is 0 Å². The first kappa shape index (κ1) is 14.3. The Labute approximate surface area is 124 Å². The number of carboxylic acid groups (broad SMARTS) is 1. The number of halogens is 2. The Bertz CT molecular complexity index is 689. The lowest BCUT2D eigenvalue weighted by Gasteiger charge is -2.07. The third-order valence-corrected chi connectivity index (χ3v) is 3.26. The van der Waals surface area contributed by atoms with Gasteiger partial charge in [0.2, 0.25) is 0 Å². The number of nitrogens with one attached hydrogen (secondary N) is 1.